The maximum absolute atomic E-state index is 14.7. The Labute approximate surface area is 320 Å². The van der Waals surface area contributed by atoms with Crippen LogP contribution in [-0.2, 0) is 0 Å². The van der Waals surface area contributed by atoms with Gasteiger partial charge in [-0.25, -0.2) is 0 Å². The van der Waals surface area contributed by atoms with Crippen LogP contribution in [0.5, 0.6) is 0 Å². The molecule has 5 heteroatoms. The molecule has 0 unspecified atom stereocenters. The van der Waals surface area contributed by atoms with Gasteiger partial charge in [-0.2, -0.15) is 0 Å². The first-order chi connectivity index (χ1) is 27.7. The summed E-state index contributed by atoms with van der Waals surface area (Å²) in [5, 5.41) is 6.54. The zero-order valence-electron chi connectivity index (χ0n) is 30.2. The van der Waals surface area contributed by atoms with Crippen LogP contribution in [0.3, 0.4) is 0 Å². The molecule has 0 bridgehead atoms. The Kier molecular flexibility index (Phi) is 6.42. The molecule has 0 aliphatic rings. The van der Waals surface area contributed by atoms with Gasteiger partial charge in [-0.15, -0.1) is 0 Å². The van der Waals surface area contributed by atoms with Crippen LogP contribution in [-0.4, -0.2) is 18.1 Å². The fourth-order valence-electron chi connectivity index (χ4n) is 9.08. The Balaban J connectivity index is 1.07. The summed E-state index contributed by atoms with van der Waals surface area (Å²) in [6.45, 7) is 0. The highest BCUT2D eigenvalue weighted by molar-refractivity contribution is 6.13. The van der Waals surface area contributed by atoms with Crippen molar-refractivity contribution in [2.45, 2.75) is 0 Å². The molecule has 0 amide bonds. The van der Waals surface area contributed by atoms with Crippen molar-refractivity contribution in [1.82, 2.24) is 18.1 Å². The van der Waals surface area contributed by atoms with E-state index in [1.807, 2.05) is 41.0 Å². The molecule has 262 valence electrons. The van der Waals surface area contributed by atoms with Crippen LogP contribution in [0.1, 0.15) is 0 Å². The third-order valence-electron chi connectivity index (χ3n) is 11.5. The van der Waals surface area contributed by atoms with E-state index in [1.165, 1.54) is 38.1 Å². The molecular weight excluding hydrogens is 685 g/mol. The minimum absolute atomic E-state index is 0.0459. The SMILES string of the molecule is O=c1c2cc(-n3c4ccccc4c4cc(-c5ccc6c(c5)c5ccccc5n6-c5ccccc5)ccc43)ccc2n2c3ccccc3cc2n1-c1ccccc1. The van der Waals surface area contributed by atoms with E-state index in [2.05, 4.69) is 171 Å². The Morgan fingerprint density at radius 1 is 0.304 bits per heavy atom. The highest BCUT2D eigenvalue weighted by Crippen LogP contribution is 2.39. The quantitative estimate of drug-likeness (QED) is 0.179. The molecule has 0 atom stereocenters. The molecule has 4 aromatic heterocycles. The Bertz CT molecular complexity index is 3600. The Morgan fingerprint density at radius 3 is 1.41 bits per heavy atom. The molecule has 0 aliphatic heterocycles. The average molecular weight is 717 g/mol. The summed E-state index contributed by atoms with van der Waals surface area (Å²) in [6, 6.07) is 68.2. The van der Waals surface area contributed by atoms with Crippen LogP contribution in [0.25, 0.3) is 99.3 Å². The predicted molar refractivity (Wildman–Crippen MR) is 232 cm³/mol. The summed E-state index contributed by atoms with van der Waals surface area (Å²) in [5.41, 5.74) is 12.6. The van der Waals surface area contributed by atoms with Gasteiger partial charge in [0.2, 0.25) is 0 Å². The van der Waals surface area contributed by atoms with E-state index in [1.54, 1.807) is 0 Å². The summed E-state index contributed by atoms with van der Waals surface area (Å²) in [4.78, 5) is 14.7. The van der Waals surface area contributed by atoms with Crippen molar-refractivity contribution in [3.05, 3.63) is 204 Å². The summed E-state index contributed by atoms with van der Waals surface area (Å²) in [6.07, 6.45) is 0. The van der Waals surface area contributed by atoms with Gasteiger partial charge in [-0.1, -0.05) is 103 Å². The lowest BCUT2D eigenvalue weighted by atomic mass is 10.0. The summed E-state index contributed by atoms with van der Waals surface area (Å²) in [5.74, 6) is 0. The molecule has 0 radical (unpaired) electrons. The van der Waals surface area contributed by atoms with Crippen LogP contribution in [0.4, 0.5) is 0 Å². The van der Waals surface area contributed by atoms with Gasteiger partial charge in [0.05, 0.1) is 44.2 Å². The van der Waals surface area contributed by atoms with Crippen molar-refractivity contribution in [2.24, 2.45) is 0 Å². The zero-order valence-corrected chi connectivity index (χ0v) is 30.2. The molecule has 0 saturated carbocycles. The fourth-order valence-corrected chi connectivity index (χ4v) is 9.08. The van der Waals surface area contributed by atoms with E-state index in [0.717, 1.165) is 55.7 Å². The van der Waals surface area contributed by atoms with Crippen LogP contribution < -0.4 is 5.56 Å². The third kappa shape index (κ3) is 4.34. The molecule has 0 N–H and O–H groups in total. The molecule has 0 aliphatic carbocycles. The van der Waals surface area contributed by atoms with Crippen molar-refractivity contribution in [2.75, 3.05) is 0 Å². The molecule has 12 rings (SSSR count). The summed E-state index contributed by atoms with van der Waals surface area (Å²) < 4.78 is 8.72. The smallest absolute Gasteiger partial charge is 0.266 e. The second-order valence-electron chi connectivity index (χ2n) is 14.6. The molecule has 4 heterocycles. The zero-order chi connectivity index (χ0) is 36.9. The van der Waals surface area contributed by atoms with Gasteiger partial charge in [-0.3, -0.25) is 13.8 Å². The third-order valence-corrected chi connectivity index (χ3v) is 11.5. The van der Waals surface area contributed by atoms with Crippen molar-refractivity contribution in [3.8, 4) is 28.2 Å². The van der Waals surface area contributed by atoms with E-state index < -0.39 is 0 Å². The molecule has 56 heavy (non-hydrogen) atoms. The molecule has 0 saturated heterocycles. The van der Waals surface area contributed by atoms with Gasteiger partial charge in [-0.05, 0) is 102 Å². The number of fused-ring (bicyclic) bond motifs is 11. The minimum Gasteiger partial charge on any atom is -0.309 e. The van der Waals surface area contributed by atoms with E-state index in [9.17, 15) is 4.79 Å². The van der Waals surface area contributed by atoms with Gasteiger partial charge in [0, 0.05) is 38.3 Å². The first-order valence-corrected chi connectivity index (χ1v) is 19.0. The fraction of sp³-hybridized carbons (Fsp3) is 0. The van der Waals surface area contributed by atoms with Gasteiger partial charge in [0.25, 0.3) is 5.56 Å². The number of aromatic nitrogens is 4. The first kappa shape index (κ1) is 30.8. The molecule has 0 spiro atoms. The summed E-state index contributed by atoms with van der Waals surface area (Å²) in [7, 11) is 0. The van der Waals surface area contributed by atoms with Crippen LogP contribution in [0.2, 0.25) is 0 Å². The number of hydrogen-bond donors (Lipinski definition) is 0. The van der Waals surface area contributed by atoms with Crippen molar-refractivity contribution in [1.29, 1.82) is 0 Å². The second-order valence-corrected chi connectivity index (χ2v) is 14.6. The monoisotopic (exact) mass is 716 g/mol. The molecule has 12 aromatic rings. The summed E-state index contributed by atoms with van der Waals surface area (Å²) >= 11 is 0. The second kappa shape index (κ2) is 11.7. The van der Waals surface area contributed by atoms with E-state index in [4.69, 9.17) is 0 Å². The van der Waals surface area contributed by atoms with Gasteiger partial charge in [0.15, 0.2) is 0 Å². The van der Waals surface area contributed by atoms with E-state index in [-0.39, 0.29) is 5.56 Å². The number of para-hydroxylation sites is 5. The topological polar surface area (TPSA) is 36.3 Å². The van der Waals surface area contributed by atoms with Gasteiger partial charge >= 0.3 is 0 Å². The molecule has 5 nitrogen and oxygen atoms in total. The van der Waals surface area contributed by atoms with Crippen LogP contribution >= 0.6 is 0 Å². The standard InChI is InChI=1S/C51H32N4O/c56-51-43-32-38(25-28-49(43)55-44-20-10-7-13-35(44)31-50(55)54(51)37-16-5-2-6-17-37)53-46-22-12-9-19-40(46)42-30-34(24-27-48(42)53)33-23-26-47-41(29-33)39-18-8-11-21-45(39)52(47)36-14-3-1-4-15-36/h1-32H. The first-order valence-electron chi connectivity index (χ1n) is 19.0. The normalized spacial score (nSPS) is 12.0. The van der Waals surface area contributed by atoms with Gasteiger partial charge < -0.3 is 9.13 Å². The van der Waals surface area contributed by atoms with Crippen molar-refractivity contribution >= 4 is 71.1 Å². The van der Waals surface area contributed by atoms with Crippen LogP contribution in [0, 0.1) is 0 Å². The molecule has 0 fully saturated rings. The maximum Gasteiger partial charge on any atom is 0.266 e. The Hall–Kier alpha value is -7.63. The predicted octanol–water partition coefficient (Wildman–Crippen LogP) is 12.3. The Morgan fingerprint density at radius 2 is 0.786 bits per heavy atom. The number of hydrogen-bond acceptors (Lipinski definition) is 1. The largest absolute Gasteiger partial charge is 0.309 e. The number of benzene rings is 8. The van der Waals surface area contributed by atoms with E-state index in [0.29, 0.717) is 5.39 Å². The van der Waals surface area contributed by atoms with Crippen molar-refractivity contribution < 1.29 is 0 Å². The minimum atomic E-state index is -0.0459. The highest BCUT2D eigenvalue weighted by Gasteiger charge is 2.19. The van der Waals surface area contributed by atoms with Crippen molar-refractivity contribution in [3.63, 3.8) is 0 Å². The highest BCUT2D eigenvalue weighted by atomic mass is 16.1. The lowest BCUT2D eigenvalue weighted by Gasteiger charge is -2.15. The lowest BCUT2D eigenvalue weighted by Crippen LogP contribution is -2.21. The number of rotatable bonds is 4. The molecular formula is C51H32N4O. The lowest BCUT2D eigenvalue weighted by molar-refractivity contribution is 1.01. The van der Waals surface area contributed by atoms with Gasteiger partial charge in [0.1, 0.15) is 5.65 Å². The average Bonchev–Trinajstić information content (AvgIpc) is 3.92. The number of nitrogens with zero attached hydrogens (tertiary/aromatic N) is 4. The molecule has 8 aromatic carbocycles. The van der Waals surface area contributed by atoms with Crippen LogP contribution in [0.15, 0.2) is 199 Å². The van der Waals surface area contributed by atoms with E-state index >= 15 is 0 Å². The maximum atomic E-state index is 14.7.